The van der Waals surface area contributed by atoms with Crippen LogP contribution in [0.1, 0.15) is 43.7 Å². The summed E-state index contributed by atoms with van der Waals surface area (Å²) in [5, 5.41) is 21.2. The largest absolute Gasteiger partial charge is 0.507 e. The highest BCUT2D eigenvalue weighted by molar-refractivity contribution is 5.92. The van der Waals surface area contributed by atoms with Gasteiger partial charge in [0.1, 0.15) is 5.75 Å². The number of anilines is 1. The fourth-order valence-electron chi connectivity index (χ4n) is 5.34. The van der Waals surface area contributed by atoms with Gasteiger partial charge in [-0.25, -0.2) is 9.97 Å². The molecule has 7 nitrogen and oxygen atoms in total. The topological polar surface area (TPSA) is 79.1 Å². The van der Waals surface area contributed by atoms with Crippen LogP contribution in [-0.2, 0) is 7.05 Å². The minimum atomic E-state index is 0.246. The fourth-order valence-corrected chi connectivity index (χ4v) is 5.34. The second-order valence-corrected chi connectivity index (χ2v) is 9.95. The molecule has 0 amide bonds. The number of aromatic hydroxyl groups is 1. The number of aromatic nitrogens is 4. The van der Waals surface area contributed by atoms with E-state index in [0.29, 0.717) is 18.0 Å². The maximum atomic E-state index is 11.0. The third-order valence-electron chi connectivity index (χ3n) is 7.02. The first-order chi connectivity index (χ1) is 15.9. The van der Waals surface area contributed by atoms with Crippen molar-refractivity contribution in [2.24, 2.45) is 7.05 Å². The summed E-state index contributed by atoms with van der Waals surface area (Å²) in [4.78, 5) is 12.2. The van der Waals surface area contributed by atoms with E-state index in [1.807, 2.05) is 32.4 Å². The molecule has 2 N–H and O–H groups in total. The van der Waals surface area contributed by atoms with Crippen molar-refractivity contribution in [3.63, 3.8) is 0 Å². The molecule has 6 rings (SSSR count). The number of piperazine rings is 1. The number of rotatable bonds is 3. The van der Waals surface area contributed by atoms with Gasteiger partial charge in [-0.3, -0.25) is 4.68 Å². The molecular weight excluding hydrogens is 412 g/mol. The number of benzene rings is 1. The number of pyridine rings is 2. The quantitative estimate of drug-likeness (QED) is 0.494. The SMILES string of the molecule is Cc1c(O)c(-c2cc(C3CC3)c3cc(N4C[C@@H](C)N[C@@H](C)C4)cnc3n2)cc2cn(C)nc12. The zero-order chi connectivity index (χ0) is 22.9. The van der Waals surface area contributed by atoms with E-state index >= 15 is 0 Å². The zero-order valence-electron chi connectivity index (χ0n) is 19.6. The number of aryl methyl sites for hydroxylation is 2. The Kier molecular flexibility index (Phi) is 4.59. The van der Waals surface area contributed by atoms with Gasteiger partial charge in [0, 0.05) is 60.3 Å². The van der Waals surface area contributed by atoms with E-state index in [0.717, 1.165) is 57.5 Å². The highest BCUT2D eigenvalue weighted by Gasteiger charge is 2.28. The molecule has 3 aromatic heterocycles. The van der Waals surface area contributed by atoms with Crippen molar-refractivity contribution in [3.8, 4) is 17.0 Å². The van der Waals surface area contributed by atoms with Gasteiger partial charge in [-0.2, -0.15) is 5.10 Å². The molecule has 1 aliphatic heterocycles. The number of hydrogen-bond donors (Lipinski definition) is 2. The van der Waals surface area contributed by atoms with Gasteiger partial charge in [-0.05, 0) is 63.3 Å². The number of phenolic OH excluding ortho intramolecular Hbond substituents is 1. The predicted molar refractivity (Wildman–Crippen MR) is 132 cm³/mol. The smallest absolute Gasteiger partial charge is 0.160 e. The third-order valence-corrected chi connectivity index (χ3v) is 7.02. The van der Waals surface area contributed by atoms with Crippen molar-refractivity contribution >= 4 is 27.6 Å². The van der Waals surface area contributed by atoms with Gasteiger partial charge in [0.05, 0.1) is 23.1 Å². The van der Waals surface area contributed by atoms with Crippen molar-refractivity contribution in [1.29, 1.82) is 0 Å². The highest BCUT2D eigenvalue weighted by Crippen LogP contribution is 2.45. The summed E-state index contributed by atoms with van der Waals surface area (Å²) < 4.78 is 1.78. The molecular formula is C26H30N6O. The second-order valence-electron chi connectivity index (χ2n) is 9.95. The van der Waals surface area contributed by atoms with Crippen LogP contribution in [0.25, 0.3) is 33.2 Å². The maximum absolute atomic E-state index is 11.0. The molecule has 0 spiro atoms. The summed E-state index contributed by atoms with van der Waals surface area (Å²) in [6, 6.07) is 7.33. The third kappa shape index (κ3) is 3.51. The Bertz CT molecular complexity index is 1380. The zero-order valence-corrected chi connectivity index (χ0v) is 19.6. The molecule has 0 radical (unpaired) electrons. The number of phenols is 1. The maximum Gasteiger partial charge on any atom is 0.160 e. The van der Waals surface area contributed by atoms with E-state index in [1.165, 1.54) is 18.4 Å². The van der Waals surface area contributed by atoms with Crippen molar-refractivity contribution in [1.82, 2.24) is 25.1 Å². The van der Waals surface area contributed by atoms with Gasteiger partial charge in [0.15, 0.2) is 5.65 Å². The van der Waals surface area contributed by atoms with Crippen LogP contribution in [0.3, 0.4) is 0 Å². The summed E-state index contributed by atoms with van der Waals surface area (Å²) in [6.45, 7) is 8.32. The van der Waals surface area contributed by atoms with Gasteiger partial charge in [-0.1, -0.05) is 0 Å². The Morgan fingerprint density at radius 1 is 1.09 bits per heavy atom. The first-order valence-corrected chi connectivity index (χ1v) is 11.9. The van der Waals surface area contributed by atoms with Crippen LogP contribution in [0.2, 0.25) is 0 Å². The Balaban J connectivity index is 1.49. The van der Waals surface area contributed by atoms with E-state index < -0.39 is 0 Å². The molecule has 1 aromatic carbocycles. The lowest BCUT2D eigenvalue weighted by molar-refractivity contribution is 0.407. The lowest BCUT2D eigenvalue weighted by Gasteiger charge is -2.37. The van der Waals surface area contributed by atoms with Crippen LogP contribution >= 0.6 is 0 Å². The molecule has 1 aliphatic carbocycles. The van der Waals surface area contributed by atoms with Gasteiger partial charge in [0.2, 0.25) is 0 Å². The van der Waals surface area contributed by atoms with Gasteiger partial charge < -0.3 is 15.3 Å². The summed E-state index contributed by atoms with van der Waals surface area (Å²) in [5.41, 5.74) is 6.33. The molecule has 2 atom stereocenters. The predicted octanol–water partition coefficient (Wildman–Crippen LogP) is 4.26. The molecule has 4 heterocycles. The van der Waals surface area contributed by atoms with Gasteiger partial charge in [-0.15, -0.1) is 0 Å². The second kappa shape index (κ2) is 7.42. The Hall–Kier alpha value is -3.19. The lowest BCUT2D eigenvalue weighted by atomic mass is 9.99. The summed E-state index contributed by atoms with van der Waals surface area (Å²) in [6.07, 6.45) is 6.32. The number of fused-ring (bicyclic) bond motifs is 2. The molecule has 1 saturated heterocycles. The fraction of sp³-hybridized carbons (Fsp3) is 0.423. The summed E-state index contributed by atoms with van der Waals surface area (Å²) >= 11 is 0. The van der Waals surface area contributed by atoms with Crippen molar-refractivity contribution in [2.75, 3.05) is 18.0 Å². The number of hydrogen-bond acceptors (Lipinski definition) is 6. The average molecular weight is 443 g/mol. The monoisotopic (exact) mass is 442 g/mol. The highest BCUT2D eigenvalue weighted by atomic mass is 16.3. The molecule has 170 valence electrons. The Labute approximate surface area is 193 Å². The van der Waals surface area contributed by atoms with E-state index in [2.05, 4.69) is 41.3 Å². The standard InChI is InChI=1S/C26H30N6O/c1-14-11-32(12-15(2)28-14)19-8-21-20(17-5-6-17)9-23(29-26(21)27-10-19)22-7-18-13-31(4)30-24(18)16(3)25(22)33/h7-10,13-15,17,28,33H,5-6,11-12H2,1-4H3/t14-,15+. The minimum Gasteiger partial charge on any atom is -0.507 e. The summed E-state index contributed by atoms with van der Waals surface area (Å²) in [5.74, 6) is 0.785. The first kappa shape index (κ1) is 20.4. The van der Waals surface area contributed by atoms with E-state index in [1.54, 1.807) is 4.68 Å². The molecule has 4 aromatic rings. The van der Waals surface area contributed by atoms with E-state index in [4.69, 9.17) is 9.97 Å². The molecule has 2 fully saturated rings. The average Bonchev–Trinajstić information content (AvgIpc) is 3.56. The molecule has 2 aliphatic rings. The number of nitrogens with one attached hydrogen (secondary N) is 1. The van der Waals surface area contributed by atoms with Crippen LogP contribution in [-0.4, -0.2) is 50.0 Å². The molecule has 0 unspecified atom stereocenters. The summed E-state index contributed by atoms with van der Waals surface area (Å²) in [7, 11) is 1.90. The van der Waals surface area contributed by atoms with Crippen molar-refractivity contribution in [2.45, 2.75) is 51.6 Å². The molecule has 7 heteroatoms. The minimum absolute atomic E-state index is 0.246. The Morgan fingerprint density at radius 2 is 1.85 bits per heavy atom. The van der Waals surface area contributed by atoms with Crippen LogP contribution < -0.4 is 10.2 Å². The number of nitrogens with zero attached hydrogens (tertiary/aromatic N) is 5. The molecule has 0 bridgehead atoms. The van der Waals surface area contributed by atoms with Gasteiger partial charge >= 0.3 is 0 Å². The molecule has 1 saturated carbocycles. The van der Waals surface area contributed by atoms with Crippen LogP contribution in [0.15, 0.2) is 30.6 Å². The van der Waals surface area contributed by atoms with E-state index in [9.17, 15) is 5.11 Å². The van der Waals surface area contributed by atoms with Crippen molar-refractivity contribution in [3.05, 3.63) is 41.7 Å². The van der Waals surface area contributed by atoms with Crippen molar-refractivity contribution < 1.29 is 5.11 Å². The van der Waals surface area contributed by atoms with Crippen LogP contribution in [0.5, 0.6) is 5.75 Å². The van der Waals surface area contributed by atoms with E-state index in [-0.39, 0.29) is 5.75 Å². The lowest BCUT2D eigenvalue weighted by Crippen LogP contribution is -2.54. The normalized spacial score (nSPS) is 21.3. The van der Waals surface area contributed by atoms with Crippen LogP contribution in [0, 0.1) is 6.92 Å². The first-order valence-electron chi connectivity index (χ1n) is 11.9. The van der Waals surface area contributed by atoms with Gasteiger partial charge in [0.25, 0.3) is 0 Å². The Morgan fingerprint density at radius 3 is 2.58 bits per heavy atom. The molecule has 33 heavy (non-hydrogen) atoms. The van der Waals surface area contributed by atoms with Crippen LogP contribution in [0.4, 0.5) is 5.69 Å².